The van der Waals surface area contributed by atoms with Crippen LogP contribution in [-0.4, -0.2) is 78.6 Å². The second kappa shape index (κ2) is 7.69. The highest BCUT2D eigenvalue weighted by Gasteiger charge is 2.49. The quantitative estimate of drug-likeness (QED) is 0.845. The van der Waals surface area contributed by atoms with Crippen molar-refractivity contribution in [2.75, 3.05) is 33.8 Å². The van der Waals surface area contributed by atoms with E-state index in [0.717, 1.165) is 44.1 Å². The van der Waals surface area contributed by atoms with Crippen LogP contribution in [0.25, 0.3) is 0 Å². The van der Waals surface area contributed by atoms with Gasteiger partial charge in [-0.05, 0) is 43.4 Å². The van der Waals surface area contributed by atoms with E-state index in [4.69, 9.17) is 9.73 Å². The number of urea groups is 1. The number of nitrogens with zero attached hydrogens (tertiary/aromatic N) is 4. The van der Waals surface area contributed by atoms with Crippen LogP contribution in [0.2, 0.25) is 0 Å². The van der Waals surface area contributed by atoms with Crippen molar-refractivity contribution < 1.29 is 14.3 Å². The first-order valence-corrected chi connectivity index (χ1v) is 9.88. The van der Waals surface area contributed by atoms with Gasteiger partial charge in [0.05, 0.1) is 7.11 Å². The molecule has 150 valence electrons. The number of likely N-dealkylation sites (N-methyl/N-ethyl adjacent to an activating group) is 1. The average Bonchev–Trinajstić information content (AvgIpc) is 3.12. The molecule has 2 unspecified atom stereocenters. The lowest BCUT2D eigenvalue weighted by Gasteiger charge is -2.38. The number of likely N-dealkylation sites (tertiary alicyclic amines) is 1. The Morgan fingerprint density at radius 3 is 2.54 bits per heavy atom. The predicted molar refractivity (Wildman–Crippen MR) is 105 cm³/mol. The van der Waals surface area contributed by atoms with E-state index in [2.05, 4.69) is 15.1 Å². The van der Waals surface area contributed by atoms with Gasteiger partial charge in [-0.15, -0.1) is 0 Å². The highest BCUT2D eigenvalue weighted by Crippen LogP contribution is 2.27. The molecule has 4 rings (SSSR count). The van der Waals surface area contributed by atoms with Gasteiger partial charge in [0.2, 0.25) is 0 Å². The molecule has 1 aromatic rings. The number of hydrogen-bond acceptors (Lipinski definition) is 6. The molecule has 0 saturated carbocycles. The molecule has 2 fully saturated rings. The zero-order valence-corrected chi connectivity index (χ0v) is 16.4. The Balaban J connectivity index is 1.56. The minimum absolute atomic E-state index is 0.265. The van der Waals surface area contributed by atoms with Gasteiger partial charge in [-0.1, -0.05) is 12.1 Å². The summed E-state index contributed by atoms with van der Waals surface area (Å²) in [5.41, 5.74) is 1.17. The molecule has 0 bridgehead atoms. The Kier molecular flexibility index (Phi) is 5.11. The van der Waals surface area contributed by atoms with Gasteiger partial charge in [0.25, 0.3) is 5.91 Å². The molecule has 1 N–H and O–H groups in total. The third-order valence-electron chi connectivity index (χ3n) is 5.78. The summed E-state index contributed by atoms with van der Waals surface area (Å²) >= 11 is 0. The van der Waals surface area contributed by atoms with Crippen molar-refractivity contribution in [3.05, 3.63) is 29.8 Å². The van der Waals surface area contributed by atoms with Crippen LogP contribution >= 0.6 is 0 Å². The average molecular weight is 385 g/mol. The topological polar surface area (TPSA) is 77.5 Å². The highest BCUT2D eigenvalue weighted by molar-refractivity contribution is 6.03. The van der Waals surface area contributed by atoms with Gasteiger partial charge >= 0.3 is 6.03 Å². The molecule has 28 heavy (non-hydrogen) atoms. The number of fused-ring (bicyclic) bond motifs is 1. The molecular weight excluding hydrogens is 358 g/mol. The fraction of sp³-hybridized carbons (Fsp3) is 0.550. The molecule has 3 amide bonds. The van der Waals surface area contributed by atoms with Gasteiger partial charge in [0.15, 0.2) is 18.2 Å². The fourth-order valence-corrected chi connectivity index (χ4v) is 4.15. The van der Waals surface area contributed by atoms with E-state index >= 15 is 0 Å². The molecule has 3 aliphatic heterocycles. The summed E-state index contributed by atoms with van der Waals surface area (Å²) in [4.78, 5) is 35.4. The van der Waals surface area contributed by atoms with Crippen molar-refractivity contribution in [2.45, 2.75) is 37.9 Å². The number of carbonyl (C=O) groups excluding carboxylic acids is 2. The molecule has 3 aliphatic rings. The number of methoxy groups -OCH3 is 1. The fourth-order valence-electron chi connectivity index (χ4n) is 4.15. The molecule has 2 saturated heterocycles. The molecule has 0 aromatic heterocycles. The SMILES string of the molecule is COc1ccc(CCN2C(N3CCCCC3)=NC3C2C(=O)NC(=O)N3C)cc1. The normalized spacial score (nSPS) is 24.8. The molecule has 8 nitrogen and oxygen atoms in total. The molecule has 2 atom stereocenters. The standard InChI is InChI=1S/C20H27N5O3/c1-23-17-16(18(26)22-20(23)27)25(19(21-17)24-11-4-3-5-12-24)13-10-14-6-8-15(28-2)9-7-14/h6-9,16-17H,3-5,10-13H2,1-2H3,(H,22,26,27). The number of guanidine groups is 1. The maximum absolute atomic E-state index is 12.7. The zero-order chi connectivity index (χ0) is 19.7. The zero-order valence-electron chi connectivity index (χ0n) is 16.4. The van der Waals surface area contributed by atoms with E-state index in [-0.39, 0.29) is 11.9 Å². The number of piperidine rings is 1. The predicted octanol–water partition coefficient (Wildman–Crippen LogP) is 1.27. The van der Waals surface area contributed by atoms with Crippen molar-refractivity contribution in [3.63, 3.8) is 0 Å². The Morgan fingerprint density at radius 2 is 1.86 bits per heavy atom. The summed E-state index contributed by atoms with van der Waals surface area (Å²) in [6, 6.07) is 7.12. The van der Waals surface area contributed by atoms with Crippen LogP contribution in [0, 0.1) is 0 Å². The monoisotopic (exact) mass is 385 g/mol. The van der Waals surface area contributed by atoms with Crippen LogP contribution in [-0.2, 0) is 11.2 Å². The summed E-state index contributed by atoms with van der Waals surface area (Å²) in [5.74, 6) is 1.41. The van der Waals surface area contributed by atoms with Crippen molar-refractivity contribution in [2.24, 2.45) is 4.99 Å². The summed E-state index contributed by atoms with van der Waals surface area (Å²) < 4.78 is 5.22. The van der Waals surface area contributed by atoms with Gasteiger partial charge < -0.3 is 19.4 Å². The van der Waals surface area contributed by atoms with E-state index in [1.54, 1.807) is 14.2 Å². The van der Waals surface area contributed by atoms with Crippen molar-refractivity contribution in [3.8, 4) is 5.75 Å². The number of rotatable bonds is 4. The maximum Gasteiger partial charge on any atom is 0.325 e. The van der Waals surface area contributed by atoms with Crippen LogP contribution in [0.5, 0.6) is 5.75 Å². The summed E-state index contributed by atoms with van der Waals surface area (Å²) in [7, 11) is 3.35. The van der Waals surface area contributed by atoms with Gasteiger partial charge in [-0.25, -0.2) is 9.79 Å². The van der Waals surface area contributed by atoms with Crippen molar-refractivity contribution >= 4 is 17.9 Å². The van der Waals surface area contributed by atoms with E-state index < -0.39 is 12.2 Å². The maximum atomic E-state index is 12.7. The number of amides is 3. The Bertz CT molecular complexity index is 773. The van der Waals surface area contributed by atoms with Crippen LogP contribution in [0.4, 0.5) is 4.79 Å². The number of aliphatic imine (C=N–C) groups is 1. The minimum atomic E-state index is -0.474. The Morgan fingerprint density at radius 1 is 1.14 bits per heavy atom. The van der Waals surface area contributed by atoms with Gasteiger partial charge in [0, 0.05) is 26.7 Å². The highest BCUT2D eigenvalue weighted by atomic mass is 16.5. The first kappa shape index (κ1) is 18.6. The van der Waals surface area contributed by atoms with Crippen LogP contribution in [0.3, 0.4) is 0 Å². The Hall–Kier alpha value is -2.77. The van der Waals surface area contributed by atoms with E-state index in [1.165, 1.54) is 16.9 Å². The number of benzene rings is 1. The molecule has 0 aliphatic carbocycles. The summed E-state index contributed by atoms with van der Waals surface area (Å²) in [6.07, 6.45) is 3.80. The van der Waals surface area contributed by atoms with Gasteiger partial charge in [0.1, 0.15) is 5.75 Å². The molecular formula is C20H27N5O3. The second-order valence-corrected chi connectivity index (χ2v) is 7.53. The largest absolute Gasteiger partial charge is 0.497 e. The first-order valence-electron chi connectivity index (χ1n) is 9.88. The smallest absolute Gasteiger partial charge is 0.325 e. The summed E-state index contributed by atoms with van der Waals surface area (Å²) in [5, 5.41) is 2.47. The van der Waals surface area contributed by atoms with Crippen molar-refractivity contribution in [1.82, 2.24) is 20.0 Å². The number of hydrogen-bond donors (Lipinski definition) is 1. The van der Waals surface area contributed by atoms with E-state index in [1.807, 2.05) is 24.3 Å². The van der Waals surface area contributed by atoms with Crippen molar-refractivity contribution in [1.29, 1.82) is 0 Å². The van der Waals surface area contributed by atoms with Crippen LogP contribution in [0.15, 0.2) is 29.3 Å². The lowest BCUT2D eigenvalue weighted by Crippen LogP contribution is -2.64. The number of ether oxygens (including phenoxy) is 1. The number of carbonyl (C=O) groups is 2. The second-order valence-electron chi connectivity index (χ2n) is 7.53. The van der Waals surface area contributed by atoms with E-state index in [0.29, 0.717) is 6.54 Å². The van der Waals surface area contributed by atoms with Crippen LogP contribution < -0.4 is 10.1 Å². The third-order valence-corrected chi connectivity index (χ3v) is 5.78. The molecule has 0 radical (unpaired) electrons. The lowest BCUT2D eigenvalue weighted by atomic mass is 10.1. The summed E-state index contributed by atoms with van der Waals surface area (Å²) in [6.45, 7) is 2.55. The number of imide groups is 1. The molecule has 0 spiro atoms. The first-order chi connectivity index (χ1) is 13.6. The van der Waals surface area contributed by atoms with E-state index in [9.17, 15) is 9.59 Å². The van der Waals surface area contributed by atoms with Gasteiger partial charge in [-0.3, -0.25) is 10.1 Å². The molecule has 3 heterocycles. The Labute approximate surface area is 165 Å². The number of nitrogens with one attached hydrogen (secondary N) is 1. The third kappa shape index (κ3) is 3.39. The molecule has 1 aromatic carbocycles. The molecule has 8 heteroatoms. The van der Waals surface area contributed by atoms with Crippen LogP contribution in [0.1, 0.15) is 24.8 Å². The lowest BCUT2D eigenvalue weighted by molar-refractivity contribution is -0.127. The van der Waals surface area contributed by atoms with Gasteiger partial charge in [-0.2, -0.15) is 0 Å². The minimum Gasteiger partial charge on any atom is -0.497 e.